The predicted molar refractivity (Wildman–Crippen MR) is 121 cm³/mol. The Kier molecular flexibility index (Phi) is 6.14. The molecule has 3 heterocycles. The molecule has 3 aromatic rings. The first-order valence-corrected chi connectivity index (χ1v) is 10.7. The fourth-order valence-electron chi connectivity index (χ4n) is 4.18. The minimum Gasteiger partial charge on any atom is -0.453 e. The molecule has 1 saturated heterocycles. The van der Waals surface area contributed by atoms with Crippen LogP contribution in [0, 0.1) is 13.8 Å². The van der Waals surface area contributed by atoms with E-state index in [1.54, 1.807) is 11.9 Å². The molecule has 1 aromatic carbocycles. The van der Waals surface area contributed by atoms with Crippen molar-refractivity contribution >= 4 is 17.6 Å². The molecule has 0 spiro atoms. The van der Waals surface area contributed by atoms with E-state index in [1.807, 2.05) is 50.4 Å². The summed E-state index contributed by atoms with van der Waals surface area (Å²) in [5.41, 5.74) is 6.38. The highest BCUT2D eigenvalue weighted by Crippen LogP contribution is 2.30. The largest absolute Gasteiger partial charge is 0.453 e. The number of morpholine rings is 1. The Morgan fingerprint density at radius 3 is 2.78 bits per heavy atom. The van der Waals surface area contributed by atoms with E-state index in [1.165, 1.54) is 7.11 Å². The lowest BCUT2D eigenvalue weighted by Gasteiger charge is -2.32. The smallest absolute Gasteiger partial charge is 0.409 e. The molecule has 8 heteroatoms. The van der Waals surface area contributed by atoms with Crippen LogP contribution in [0.1, 0.15) is 27.2 Å². The highest BCUT2D eigenvalue weighted by atomic mass is 16.5. The number of fused-ring (bicyclic) bond motifs is 1. The maximum atomic E-state index is 12.0. The molecule has 1 N–H and O–H groups in total. The topological polar surface area (TPSA) is 85.2 Å². The number of amides is 2. The summed E-state index contributed by atoms with van der Waals surface area (Å²) < 4.78 is 13.0. The maximum Gasteiger partial charge on any atom is 0.409 e. The van der Waals surface area contributed by atoms with Crippen molar-refractivity contribution in [2.75, 3.05) is 33.9 Å². The van der Waals surface area contributed by atoms with Gasteiger partial charge in [-0.3, -0.25) is 4.79 Å². The van der Waals surface area contributed by atoms with Crippen molar-refractivity contribution in [1.29, 1.82) is 0 Å². The fourth-order valence-corrected chi connectivity index (χ4v) is 4.18. The third-order valence-electron chi connectivity index (χ3n) is 5.84. The zero-order valence-corrected chi connectivity index (χ0v) is 18.8. The van der Waals surface area contributed by atoms with Crippen molar-refractivity contribution in [1.82, 2.24) is 19.6 Å². The molecule has 1 aliphatic rings. The Labute approximate surface area is 187 Å². The van der Waals surface area contributed by atoms with Crippen molar-refractivity contribution in [2.24, 2.45) is 0 Å². The van der Waals surface area contributed by atoms with Crippen molar-refractivity contribution in [3.8, 4) is 11.3 Å². The number of aromatic nitrogens is 2. The summed E-state index contributed by atoms with van der Waals surface area (Å²) in [6.45, 7) is 5.46. The summed E-state index contributed by atoms with van der Waals surface area (Å²) in [7, 11) is 3.01. The molecule has 168 valence electrons. The van der Waals surface area contributed by atoms with E-state index in [2.05, 4.69) is 9.72 Å². The molecule has 2 aromatic heterocycles. The van der Waals surface area contributed by atoms with E-state index in [9.17, 15) is 9.59 Å². The second kappa shape index (κ2) is 9.00. The Bertz CT molecular complexity index is 1170. The number of methoxy groups -OCH3 is 1. The number of imidazole rings is 1. The molecule has 4 rings (SSSR count). The van der Waals surface area contributed by atoms with Gasteiger partial charge in [0, 0.05) is 37.3 Å². The van der Waals surface area contributed by atoms with E-state index in [0.29, 0.717) is 31.7 Å². The van der Waals surface area contributed by atoms with Crippen molar-refractivity contribution < 1.29 is 19.1 Å². The average Bonchev–Trinajstić information content (AvgIpc) is 3.14. The lowest BCUT2D eigenvalue weighted by molar-refractivity contribution is -0.0241. The number of ether oxygens (including phenoxy) is 2. The van der Waals surface area contributed by atoms with Crippen LogP contribution in [-0.2, 0) is 15.9 Å². The van der Waals surface area contributed by atoms with Crippen LogP contribution in [0.15, 0.2) is 36.5 Å². The number of benzene rings is 1. The minimum absolute atomic E-state index is 0.121. The number of nitrogens with one attached hydrogen (secondary N) is 1. The van der Waals surface area contributed by atoms with Crippen LogP contribution in [0.4, 0.5) is 4.79 Å². The van der Waals surface area contributed by atoms with Gasteiger partial charge in [-0.05, 0) is 49.2 Å². The Morgan fingerprint density at radius 1 is 1.25 bits per heavy atom. The number of hydrogen-bond acceptors (Lipinski definition) is 5. The normalized spacial score (nSPS) is 16.2. The van der Waals surface area contributed by atoms with Gasteiger partial charge in [-0.15, -0.1) is 0 Å². The molecule has 32 heavy (non-hydrogen) atoms. The Morgan fingerprint density at radius 2 is 2.06 bits per heavy atom. The summed E-state index contributed by atoms with van der Waals surface area (Å²) in [6.07, 6.45) is 2.09. The highest BCUT2D eigenvalue weighted by Gasteiger charge is 2.27. The van der Waals surface area contributed by atoms with E-state index in [0.717, 1.165) is 33.7 Å². The first kappa shape index (κ1) is 21.8. The molecule has 0 radical (unpaired) electrons. The number of rotatable bonds is 4. The number of nitrogens with zero attached hydrogens (tertiary/aromatic N) is 3. The zero-order valence-electron chi connectivity index (χ0n) is 18.8. The SMILES string of the molecule is CNC(=O)c1ccc(-c2nc3cc(C)ccn3c2CC2CN(C(=O)OC)CCO2)c(C)c1. The van der Waals surface area contributed by atoms with Crippen LogP contribution < -0.4 is 5.32 Å². The van der Waals surface area contributed by atoms with Gasteiger partial charge in [-0.2, -0.15) is 0 Å². The summed E-state index contributed by atoms with van der Waals surface area (Å²) in [5, 5.41) is 2.66. The molecule has 1 unspecified atom stereocenters. The number of carbonyl (C=O) groups is 2. The molecule has 1 fully saturated rings. The third-order valence-corrected chi connectivity index (χ3v) is 5.84. The van der Waals surface area contributed by atoms with E-state index in [4.69, 9.17) is 14.5 Å². The summed E-state index contributed by atoms with van der Waals surface area (Å²) >= 11 is 0. The van der Waals surface area contributed by atoms with Crippen molar-refractivity contribution in [3.05, 3.63) is 58.9 Å². The van der Waals surface area contributed by atoms with Crippen LogP contribution in [0.5, 0.6) is 0 Å². The van der Waals surface area contributed by atoms with E-state index in [-0.39, 0.29) is 18.1 Å². The Hall–Kier alpha value is -3.39. The molecule has 0 aliphatic carbocycles. The lowest BCUT2D eigenvalue weighted by atomic mass is 9.99. The molecule has 2 amide bonds. The maximum absolute atomic E-state index is 12.0. The molecule has 1 atom stereocenters. The van der Waals surface area contributed by atoms with Gasteiger partial charge in [-0.25, -0.2) is 9.78 Å². The first-order valence-electron chi connectivity index (χ1n) is 10.7. The van der Waals surface area contributed by atoms with Crippen LogP contribution >= 0.6 is 0 Å². The van der Waals surface area contributed by atoms with Gasteiger partial charge in [0.1, 0.15) is 5.65 Å². The number of aryl methyl sites for hydroxylation is 2. The molecule has 8 nitrogen and oxygen atoms in total. The van der Waals surface area contributed by atoms with Crippen LogP contribution in [-0.4, -0.2) is 66.2 Å². The van der Waals surface area contributed by atoms with Gasteiger partial charge in [-0.1, -0.05) is 6.07 Å². The fraction of sp³-hybridized carbons (Fsp3) is 0.375. The van der Waals surface area contributed by atoms with Crippen LogP contribution in [0.3, 0.4) is 0 Å². The standard InChI is InChI=1S/C24H28N4O4/c1-15-7-8-28-20(13-18-14-27(9-10-32-18)24(30)31-4)22(26-21(28)11-15)19-6-5-17(12-16(19)2)23(29)25-3/h5-8,11-12,18H,9-10,13-14H2,1-4H3,(H,25,29). The Balaban J connectivity index is 1.74. The second-order valence-electron chi connectivity index (χ2n) is 8.06. The number of carbonyl (C=O) groups excluding carboxylic acids is 2. The summed E-state index contributed by atoms with van der Waals surface area (Å²) in [5.74, 6) is -0.121. The molecular formula is C24H28N4O4. The summed E-state index contributed by atoms with van der Waals surface area (Å²) in [4.78, 5) is 30.7. The van der Waals surface area contributed by atoms with Crippen molar-refractivity contribution in [3.63, 3.8) is 0 Å². The quantitative estimate of drug-likeness (QED) is 0.680. The predicted octanol–water partition coefficient (Wildman–Crippen LogP) is 2.99. The number of hydrogen-bond donors (Lipinski definition) is 1. The molecule has 0 saturated carbocycles. The van der Waals surface area contributed by atoms with Crippen LogP contribution in [0.2, 0.25) is 0 Å². The minimum atomic E-state index is -0.340. The molecule has 0 bridgehead atoms. The first-order chi connectivity index (χ1) is 15.4. The second-order valence-corrected chi connectivity index (χ2v) is 8.06. The van der Waals surface area contributed by atoms with Crippen molar-refractivity contribution in [2.45, 2.75) is 26.4 Å². The van der Waals surface area contributed by atoms with Gasteiger partial charge in [0.15, 0.2) is 0 Å². The molecular weight excluding hydrogens is 408 g/mol. The van der Waals surface area contributed by atoms with Gasteiger partial charge in [0.25, 0.3) is 5.91 Å². The lowest BCUT2D eigenvalue weighted by Crippen LogP contribution is -2.46. The zero-order chi connectivity index (χ0) is 22.8. The monoisotopic (exact) mass is 436 g/mol. The number of pyridine rings is 1. The summed E-state index contributed by atoms with van der Waals surface area (Å²) in [6, 6.07) is 9.73. The highest BCUT2D eigenvalue weighted by molar-refractivity contribution is 5.95. The van der Waals surface area contributed by atoms with Crippen LogP contribution in [0.25, 0.3) is 16.9 Å². The average molecular weight is 437 g/mol. The third kappa shape index (κ3) is 4.18. The molecule has 1 aliphatic heterocycles. The van der Waals surface area contributed by atoms with Gasteiger partial charge in [0.05, 0.1) is 37.8 Å². The van der Waals surface area contributed by atoms with Gasteiger partial charge in [0.2, 0.25) is 0 Å². The van der Waals surface area contributed by atoms with E-state index < -0.39 is 0 Å². The van der Waals surface area contributed by atoms with Gasteiger partial charge < -0.3 is 24.1 Å². The van der Waals surface area contributed by atoms with Gasteiger partial charge >= 0.3 is 6.09 Å². The van der Waals surface area contributed by atoms with E-state index >= 15 is 0 Å².